The Hall–Kier alpha value is -2.31. The number of ether oxygens (including phenoxy) is 1. The number of aliphatic imine (C=N–C) groups is 1. The van der Waals surface area contributed by atoms with Crippen LogP contribution in [0.15, 0.2) is 52.1 Å². The first kappa shape index (κ1) is 22.9. The molecule has 1 aromatic carbocycles. The van der Waals surface area contributed by atoms with Gasteiger partial charge in [0, 0.05) is 58.4 Å². The lowest BCUT2D eigenvalue weighted by molar-refractivity contribution is 0.155. The van der Waals surface area contributed by atoms with E-state index < -0.39 is 0 Å². The first-order valence-electron chi connectivity index (χ1n) is 12.2. The Bertz CT molecular complexity index is 828. The van der Waals surface area contributed by atoms with Crippen molar-refractivity contribution in [1.82, 2.24) is 15.5 Å². The summed E-state index contributed by atoms with van der Waals surface area (Å²) < 4.78 is 10.7. The number of benzene rings is 1. The van der Waals surface area contributed by atoms with E-state index in [0.29, 0.717) is 12.1 Å². The molecule has 1 atom stereocenters. The zero-order valence-corrected chi connectivity index (χ0v) is 19.4. The molecule has 2 aromatic rings. The Labute approximate surface area is 192 Å². The minimum atomic E-state index is 0.425. The number of aryl methyl sites for hydroxylation is 1. The summed E-state index contributed by atoms with van der Waals surface area (Å²) in [5.41, 5.74) is 2.96. The van der Waals surface area contributed by atoms with Gasteiger partial charge in [-0.3, -0.25) is 4.99 Å². The van der Waals surface area contributed by atoms with Crippen LogP contribution in [0.3, 0.4) is 0 Å². The molecule has 1 aromatic heterocycles. The maximum atomic E-state index is 5.48. The third kappa shape index (κ3) is 6.84. The average molecular weight is 439 g/mol. The number of piperidine rings is 1. The predicted octanol–water partition coefficient (Wildman–Crippen LogP) is 3.42. The lowest BCUT2D eigenvalue weighted by atomic mass is 9.88. The van der Waals surface area contributed by atoms with Gasteiger partial charge in [0.2, 0.25) is 0 Å². The first-order valence-corrected chi connectivity index (χ1v) is 12.2. The molecule has 174 valence electrons. The third-order valence-corrected chi connectivity index (χ3v) is 6.65. The largest absolute Gasteiger partial charge is 0.469 e. The second kappa shape index (κ2) is 12.1. The fourth-order valence-corrected chi connectivity index (χ4v) is 4.81. The normalized spacial score (nSPS) is 20.2. The van der Waals surface area contributed by atoms with Gasteiger partial charge in [-0.05, 0) is 61.8 Å². The SMILES string of the molecule is COCCCN1CCC(NC(=NCCc2ccco2)NC2CCc3ccccc3C2)CC1. The number of rotatable bonds is 9. The van der Waals surface area contributed by atoms with Crippen molar-refractivity contribution in [3.8, 4) is 0 Å². The summed E-state index contributed by atoms with van der Waals surface area (Å²) in [6, 6.07) is 13.7. The molecule has 1 aliphatic carbocycles. The third-order valence-electron chi connectivity index (χ3n) is 6.65. The second-order valence-electron chi connectivity index (χ2n) is 9.02. The summed E-state index contributed by atoms with van der Waals surface area (Å²) in [5.74, 6) is 1.95. The Kier molecular flexibility index (Phi) is 8.63. The van der Waals surface area contributed by atoms with E-state index in [-0.39, 0.29) is 0 Å². The summed E-state index contributed by atoms with van der Waals surface area (Å²) in [5, 5.41) is 7.51. The lowest BCUT2D eigenvalue weighted by Crippen LogP contribution is -2.52. The number of guanidine groups is 1. The van der Waals surface area contributed by atoms with Crippen LogP contribution >= 0.6 is 0 Å². The summed E-state index contributed by atoms with van der Waals surface area (Å²) in [4.78, 5) is 7.48. The molecule has 0 bridgehead atoms. The van der Waals surface area contributed by atoms with Crippen LogP contribution in [0.5, 0.6) is 0 Å². The van der Waals surface area contributed by atoms with Gasteiger partial charge in [0.25, 0.3) is 0 Å². The highest BCUT2D eigenvalue weighted by Gasteiger charge is 2.23. The molecule has 2 heterocycles. The molecule has 2 aliphatic rings. The van der Waals surface area contributed by atoms with Crippen molar-refractivity contribution in [2.24, 2.45) is 4.99 Å². The van der Waals surface area contributed by atoms with Crippen molar-refractivity contribution in [2.45, 2.75) is 57.0 Å². The maximum absolute atomic E-state index is 5.48. The van der Waals surface area contributed by atoms with Crippen LogP contribution < -0.4 is 10.6 Å². The van der Waals surface area contributed by atoms with Crippen LogP contribution in [0, 0.1) is 0 Å². The minimum Gasteiger partial charge on any atom is -0.469 e. The highest BCUT2D eigenvalue weighted by molar-refractivity contribution is 5.80. The Morgan fingerprint density at radius 1 is 1.06 bits per heavy atom. The Morgan fingerprint density at radius 2 is 1.88 bits per heavy atom. The number of methoxy groups -OCH3 is 1. The van der Waals surface area contributed by atoms with E-state index in [1.54, 1.807) is 13.4 Å². The molecule has 4 rings (SSSR count). The van der Waals surface area contributed by atoms with E-state index in [1.807, 2.05) is 12.1 Å². The van der Waals surface area contributed by atoms with Crippen LogP contribution in [0.4, 0.5) is 0 Å². The van der Waals surface area contributed by atoms with Gasteiger partial charge in [0.1, 0.15) is 5.76 Å². The smallest absolute Gasteiger partial charge is 0.191 e. The molecule has 6 nitrogen and oxygen atoms in total. The molecule has 0 amide bonds. The van der Waals surface area contributed by atoms with Gasteiger partial charge < -0.3 is 24.7 Å². The molecule has 2 N–H and O–H groups in total. The van der Waals surface area contributed by atoms with Gasteiger partial charge in [0.15, 0.2) is 5.96 Å². The molecule has 0 radical (unpaired) electrons. The van der Waals surface area contributed by atoms with Crippen LogP contribution in [-0.2, 0) is 24.0 Å². The topological polar surface area (TPSA) is 62.0 Å². The molecule has 1 unspecified atom stereocenters. The lowest BCUT2D eigenvalue weighted by Gasteiger charge is -2.34. The number of fused-ring (bicyclic) bond motifs is 1. The van der Waals surface area contributed by atoms with E-state index in [0.717, 1.165) is 89.5 Å². The number of likely N-dealkylation sites (tertiary alicyclic amines) is 1. The zero-order valence-electron chi connectivity index (χ0n) is 19.4. The second-order valence-corrected chi connectivity index (χ2v) is 9.02. The summed E-state index contributed by atoms with van der Waals surface area (Å²) in [7, 11) is 1.78. The quantitative estimate of drug-likeness (QED) is 0.357. The Balaban J connectivity index is 1.32. The Morgan fingerprint density at radius 3 is 2.66 bits per heavy atom. The average Bonchev–Trinajstić information content (AvgIpc) is 3.34. The van der Waals surface area contributed by atoms with Crippen molar-refractivity contribution < 1.29 is 9.15 Å². The highest BCUT2D eigenvalue weighted by Crippen LogP contribution is 2.21. The fraction of sp³-hybridized carbons (Fsp3) is 0.577. The zero-order chi connectivity index (χ0) is 22.0. The first-order chi connectivity index (χ1) is 15.8. The van der Waals surface area contributed by atoms with Gasteiger partial charge in [0.05, 0.1) is 6.26 Å². The summed E-state index contributed by atoms with van der Waals surface area (Å²) in [6.07, 6.45) is 9.31. The molecule has 1 saturated heterocycles. The molecule has 0 spiro atoms. The van der Waals surface area contributed by atoms with Crippen LogP contribution in [0.1, 0.15) is 42.6 Å². The minimum absolute atomic E-state index is 0.425. The van der Waals surface area contributed by atoms with E-state index in [4.69, 9.17) is 14.1 Å². The molecule has 32 heavy (non-hydrogen) atoms. The van der Waals surface area contributed by atoms with Gasteiger partial charge >= 0.3 is 0 Å². The van der Waals surface area contributed by atoms with E-state index >= 15 is 0 Å². The van der Waals surface area contributed by atoms with Crippen LogP contribution in [0.2, 0.25) is 0 Å². The molecule has 1 fully saturated rings. The molecule has 1 aliphatic heterocycles. The molecular formula is C26H38N4O2. The van der Waals surface area contributed by atoms with Crippen molar-refractivity contribution in [2.75, 3.05) is 39.9 Å². The number of nitrogens with zero attached hydrogens (tertiary/aromatic N) is 2. The van der Waals surface area contributed by atoms with E-state index in [2.05, 4.69) is 39.8 Å². The molecule has 6 heteroatoms. The van der Waals surface area contributed by atoms with Crippen LogP contribution in [-0.4, -0.2) is 62.8 Å². The number of hydrogen-bond donors (Lipinski definition) is 2. The number of nitrogens with one attached hydrogen (secondary N) is 2. The molecule has 0 saturated carbocycles. The monoisotopic (exact) mass is 438 g/mol. The molecular weight excluding hydrogens is 400 g/mol. The summed E-state index contributed by atoms with van der Waals surface area (Å²) >= 11 is 0. The van der Waals surface area contributed by atoms with Gasteiger partial charge in [-0.2, -0.15) is 0 Å². The standard InChI is InChI=1S/C26H38N4O2/c1-31-18-5-15-30-16-12-23(13-17-30)28-26(27-14-11-25-8-4-19-32-25)29-24-10-9-21-6-2-3-7-22(21)20-24/h2-4,6-8,19,23-24H,5,9-18,20H2,1H3,(H2,27,28,29). The van der Waals surface area contributed by atoms with Gasteiger partial charge in [-0.1, -0.05) is 24.3 Å². The van der Waals surface area contributed by atoms with Crippen molar-refractivity contribution in [3.05, 3.63) is 59.5 Å². The number of hydrogen-bond acceptors (Lipinski definition) is 4. The highest BCUT2D eigenvalue weighted by atomic mass is 16.5. The summed E-state index contributed by atoms with van der Waals surface area (Å²) in [6.45, 7) is 4.97. The van der Waals surface area contributed by atoms with E-state index in [9.17, 15) is 0 Å². The van der Waals surface area contributed by atoms with Crippen molar-refractivity contribution >= 4 is 5.96 Å². The fourth-order valence-electron chi connectivity index (χ4n) is 4.81. The number of furan rings is 1. The van der Waals surface area contributed by atoms with E-state index in [1.165, 1.54) is 11.1 Å². The van der Waals surface area contributed by atoms with Gasteiger partial charge in [-0.25, -0.2) is 0 Å². The van der Waals surface area contributed by atoms with Crippen molar-refractivity contribution in [3.63, 3.8) is 0 Å². The van der Waals surface area contributed by atoms with Crippen LogP contribution in [0.25, 0.3) is 0 Å². The maximum Gasteiger partial charge on any atom is 0.191 e. The van der Waals surface area contributed by atoms with Crippen molar-refractivity contribution in [1.29, 1.82) is 0 Å². The predicted molar refractivity (Wildman–Crippen MR) is 129 cm³/mol. The van der Waals surface area contributed by atoms with Gasteiger partial charge in [-0.15, -0.1) is 0 Å².